The molecule has 8 nitrogen and oxygen atoms in total. The summed E-state index contributed by atoms with van der Waals surface area (Å²) >= 11 is 1.55. The zero-order chi connectivity index (χ0) is 21.0. The number of rotatable bonds is 4. The van der Waals surface area contributed by atoms with Gasteiger partial charge < -0.3 is 10.0 Å². The topological polar surface area (TPSA) is 110 Å². The molecule has 0 aliphatic carbocycles. The van der Waals surface area contributed by atoms with Crippen LogP contribution in [0.4, 0.5) is 17.1 Å². The molecule has 1 N–H and O–H groups in total. The van der Waals surface area contributed by atoms with Gasteiger partial charge in [0, 0.05) is 46.8 Å². The summed E-state index contributed by atoms with van der Waals surface area (Å²) in [4.78, 5) is 23.9. The van der Waals surface area contributed by atoms with E-state index in [-0.39, 0.29) is 18.0 Å². The maximum atomic E-state index is 11.3. The lowest BCUT2D eigenvalue weighted by Crippen LogP contribution is -2.53. The molecule has 1 unspecified atom stereocenters. The van der Waals surface area contributed by atoms with Gasteiger partial charge >= 0.3 is 0 Å². The van der Waals surface area contributed by atoms with Gasteiger partial charge in [-0.1, -0.05) is 31.7 Å². The summed E-state index contributed by atoms with van der Waals surface area (Å²) in [6.45, 7) is 4.34. The Morgan fingerprint density at radius 2 is 1.72 bits per heavy atom. The molecule has 2 aliphatic rings. The van der Waals surface area contributed by atoms with Crippen LogP contribution in [-0.4, -0.2) is 33.0 Å². The number of hydrogen-bond acceptors (Lipinski definition) is 7. The highest BCUT2D eigenvalue weighted by Gasteiger charge is 2.57. The van der Waals surface area contributed by atoms with E-state index < -0.39 is 20.1 Å². The van der Waals surface area contributed by atoms with Crippen molar-refractivity contribution < 1.29 is 15.0 Å². The van der Waals surface area contributed by atoms with Crippen LogP contribution >= 0.6 is 11.8 Å². The first kappa shape index (κ1) is 19.4. The van der Waals surface area contributed by atoms with Crippen LogP contribution < -0.4 is 4.90 Å². The normalized spacial score (nSPS) is 21.1. The molecule has 0 saturated heterocycles. The number of fused-ring (bicyclic) bond motifs is 2. The number of nitrogens with zero attached hydrogens (tertiary/aromatic N) is 3. The number of anilines is 1. The van der Waals surface area contributed by atoms with E-state index in [1.54, 1.807) is 36.0 Å². The predicted octanol–water partition coefficient (Wildman–Crippen LogP) is 4.11. The zero-order valence-electron chi connectivity index (χ0n) is 15.9. The van der Waals surface area contributed by atoms with Crippen molar-refractivity contribution in [1.82, 2.24) is 0 Å². The van der Waals surface area contributed by atoms with Crippen molar-refractivity contribution in [2.45, 2.75) is 29.0 Å². The molecule has 0 fully saturated rings. The monoisotopic (exact) mass is 413 g/mol. The quantitative estimate of drug-likeness (QED) is 0.593. The molecule has 0 aromatic heterocycles. The van der Waals surface area contributed by atoms with Crippen LogP contribution in [0.2, 0.25) is 0 Å². The molecule has 9 heteroatoms. The van der Waals surface area contributed by atoms with Crippen LogP contribution in [-0.2, 0) is 5.41 Å². The van der Waals surface area contributed by atoms with Crippen molar-refractivity contribution in [2.24, 2.45) is 0 Å². The third-order valence-corrected chi connectivity index (χ3v) is 7.50. The standard InChI is InChI=1S/C20H19N3O5S/c1-19(2)16-12-15(23(27)28)3-5-17(16)21(9-10-24)20(19)8-7-13-11-14(22(25)26)4-6-18(13)29-20/h3-8,11-12,24H,9-10H2,1-2H3. The average molecular weight is 413 g/mol. The number of hydrogen-bond donors (Lipinski definition) is 1. The predicted molar refractivity (Wildman–Crippen MR) is 111 cm³/mol. The van der Waals surface area contributed by atoms with Gasteiger partial charge in [0.15, 0.2) is 0 Å². The van der Waals surface area contributed by atoms with E-state index in [0.717, 1.165) is 21.7 Å². The lowest BCUT2D eigenvalue weighted by molar-refractivity contribution is -0.385. The SMILES string of the molecule is CC1(C)c2cc([N+](=O)[O-])ccc2N(CCO)C12C=Cc1cc([N+](=O)[O-])ccc1S2. The van der Waals surface area contributed by atoms with Crippen LogP contribution in [0, 0.1) is 20.2 Å². The molecule has 2 aromatic carbocycles. The average Bonchev–Trinajstić information content (AvgIpc) is 2.86. The second-order valence-corrected chi connectivity index (χ2v) is 8.84. The van der Waals surface area contributed by atoms with Crippen molar-refractivity contribution in [1.29, 1.82) is 0 Å². The summed E-state index contributed by atoms with van der Waals surface area (Å²) in [6.07, 6.45) is 3.86. The van der Waals surface area contributed by atoms with Crippen LogP contribution in [0.3, 0.4) is 0 Å². The Labute approximate surface area is 171 Å². The van der Waals surface area contributed by atoms with Crippen molar-refractivity contribution in [3.8, 4) is 0 Å². The second kappa shape index (κ2) is 6.57. The number of nitro benzene ring substituents is 2. The van der Waals surface area contributed by atoms with Gasteiger partial charge in [0.1, 0.15) is 4.87 Å². The highest BCUT2D eigenvalue weighted by molar-refractivity contribution is 8.01. The van der Waals surface area contributed by atoms with Gasteiger partial charge in [-0.15, -0.1) is 0 Å². The van der Waals surface area contributed by atoms with Crippen LogP contribution in [0.5, 0.6) is 0 Å². The minimum atomic E-state index is -0.629. The maximum Gasteiger partial charge on any atom is 0.270 e. The summed E-state index contributed by atoms with van der Waals surface area (Å²) in [6, 6.07) is 9.58. The lowest BCUT2D eigenvalue weighted by Gasteiger charge is -2.47. The Hall–Kier alpha value is -2.91. The minimum absolute atomic E-state index is 0.0265. The molecule has 4 rings (SSSR count). The molecule has 0 amide bonds. The van der Waals surface area contributed by atoms with Gasteiger partial charge in [0.05, 0.1) is 16.5 Å². The molecule has 0 radical (unpaired) electrons. The molecule has 2 aliphatic heterocycles. The molecule has 0 bridgehead atoms. The summed E-state index contributed by atoms with van der Waals surface area (Å²) in [5.41, 5.74) is 1.97. The van der Waals surface area contributed by atoms with E-state index >= 15 is 0 Å². The zero-order valence-corrected chi connectivity index (χ0v) is 16.7. The van der Waals surface area contributed by atoms with Crippen molar-refractivity contribution in [3.63, 3.8) is 0 Å². The van der Waals surface area contributed by atoms with E-state index in [4.69, 9.17) is 0 Å². The Kier molecular flexibility index (Phi) is 4.39. The van der Waals surface area contributed by atoms with E-state index in [9.17, 15) is 25.3 Å². The summed E-state index contributed by atoms with van der Waals surface area (Å²) < 4.78 is 0. The fourth-order valence-electron chi connectivity index (χ4n) is 4.23. The minimum Gasteiger partial charge on any atom is -0.395 e. The highest BCUT2D eigenvalue weighted by Crippen LogP contribution is 2.61. The molecule has 1 spiro atoms. The Morgan fingerprint density at radius 3 is 2.38 bits per heavy atom. The lowest BCUT2D eigenvalue weighted by atomic mass is 9.79. The Morgan fingerprint density at radius 1 is 1.07 bits per heavy atom. The van der Waals surface area contributed by atoms with E-state index in [2.05, 4.69) is 4.90 Å². The van der Waals surface area contributed by atoms with Crippen LogP contribution in [0.25, 0.3) is 6.08 Å². The van der Waals surface area contributed by atoms with E-state index in [1.807, 2.05) is 26.0 Å². The van der Waals surface area contributed by atoms with E-state index in [0.29, 0.717) is 6.54 Å². The molecule has 0 saturated carbocycles. The molecule has 1 atom stereocenters. The molecule has 150 valence electrons. The maximum absolute atomic E-state index is 11.3. The van der Waals surface area contributed by atoms with E-state index in [1.165, 1.54) is 12.1 Å². The number of aliphatic hydroxyl groups is 1. The molecular formula is C20H19N3O5S. The summed E-state index contributed by atoms with van der Waals surface area (Å²) in [7, 11) is 0. The van der Waals surface area contributed by atoms with Gasteiger partial charge in [-0.05, 0) is 29.3 Å². The Bertz CT molecular complexity index is 1070. The third-order valence-electron chi connectivity index (χ3n) is 5.73. The number of benzene rings is 2. The Balaban J connectivity index is 1.87. The van der Waals surface area contributed by atoms with Gasteiger partial charge in [0.25, 0.3) is 11.4 Å². The number of β-amino-alcohol motifs (C(OH)–C–C–N with tert-alkyl or cyclic N) is 1. The third kappa shape index (κ3) is 2.72. The fourth-order valence-corrected chi connectivity index (χ4v) is 5.74. The first-order valence-corrected chi connectivity index (χ1v) is 9.87. The number of non-ortho nitro benzene ring substituents is 2. The number of nitro groups is 2. The molecular weight excluding hydrogens is 394 g/mol. The largest absolute Gasteiger partial charge is 0.395 e. The van der Waals surface area contributed by atoms with Gasteiger partial charge in [0.2, 0.25) is 0 Å². The van der Waals surface area contributed by atoms with Crippen molar-refractivity contribution in [3.05, 3.63) is 73.8 Å². The summed E-state index contributed by atoms with van der Waals surface area (Å²) in [5, 5.41) is 32.1. The highest BCUT2D eigenvalue weighted by atomic mass is 32.2. The number of aliphatic hydroxyl groups excluding tert-OH is 1. The van der Waals surface area contributed by atoms with Crippen LogP contribution in [0.15, 0.2) is 47.4 Å². The van der Waals surface area contributed by atoms with Gasteiger partial charge in [-0.3, -0.25) is 20.2 Å². The van der Waals surface area contributed by atoms with Crippen LogP contribution in [0.1, 0.15) is 25.0 Å². The first-order chi connectivity index (χ1) is 13.7. The number of thioether (sulfide) groups is 1. The summed E-state index contributed by atoms with van der Waals surface area (Å²) in [5.74, 6) is 0. The fraction of sp³-hybridized carbons (Fsp3) is 0.300. The van der Waals surface area contributed by atoms with Crippen molar-refractivity contribution >= 4 is 34.9 Å². The molecule has 2 heterocycles. The van der Waals surface area contributed by atoms with Gasteiger partial charge in [-0.2, -0.15) is 0 Å². The molecule has 29 heavy (non-hydrogen) atoms. The van der Waals surface area contributed by atoms with Gasteiger partial charge in [-0.25, -0.2) is 0 Å². The molecule has 2 aromatic rings. The van der Waals surface area contributed by atoms with Crippen molar-refractivity contribution in [2.75, 3.05) is 18.1 Å². The first-order valence-electron chi connectivity index (χ1n) is 9.05. The smallest absolute Gasteiger partial charge is 0.270 e. The second-order valence-electron chi connectivity index (χ2n) is 7.57.